The van der Waals surface area contributed by atoms with Gasteiger partial charge in [-0.15, -0.1) is 0 Å². The van der Waals surface area contributed by atoms with Gasteiger partial charge in [-0.1, -0.05) is 0 Å². The molecule has 0 radical (unpaired) electrons. The van der Waals surface area contributed by atoms with Crippen LogP contribution in [0.15, 0.2) is 12.1 Å². The van der Waals surface area contributed by atoms with E-state index < -0.39 is 0 Å². The maximum absolute atomic E-state index is 9.50. The monoisotopic (exact) mass is 175 g/mol. The van der Waals surface area contributed by atoms with Crippen LogP contribution in [0.1, 0.15) is 17.5 Å². The molecule has 0 fully saturated rings. The average molecular weight is 175 g/mol. The van der Waals surface area contributed by atoms with Crippen LogP contribution in [-0.4, -0.2) is 18.2 Å². The highest BCUT2D eigenvalue weighted by Crippen LogP contribution is 2.38. The van der Waals surface area contributed by atoms with Crippen molar-refractivity contribution in [3.8, 4) is 5.75 Å². The molecule has 0 spiro atoms. The summed E-state index contributed by atoms with van der Waals surface area (Å²) in [5, 5.41) is 9.50. The van der Waals surface area contributed by atoms with Crippen molar-refractivity contribution in [2.45, 2.75) is 19.3 Å². The first-order chi connectivity index (χ1) is 6.34. The maximum Gasteiger partial charge on any atom is 0.116 e. The van der Waals surface area contributed by atoms with Crippen LogP contribution in [0.2, 0.25) is 0 Å². The summed E-state index contributed by atoms with van der Waals surface area (Å²) < 4.78 is 0. The average Bonchev–Trinajstić information content (AvgIpc) is 2.50. The number of rotatable bonds is 0. The molecule has 2 heterocycles. The number of hydrogen-bond donors (Lipinski definition) is 1. The van der Waals surface area contributed by atoms with Gasteiger partial charge >= 0.3 is 0 Å². The maximum atomic E-state index is 9.50. The molecule has 2 nitrogen and oxygen atoms in total. The molecule has 68 valence electrons. The van der Waals surface area contributed by atoms with Crippen LogP contribution in [0.4, 0.5) is 5.69 Å². The van der Waals surface area contributed by atoms with Crippen molar-refractivity contribution < 1.29 is 5.11 Å². The Hall–Kier alpha value is -1.18. The van der Waals surface area contributed by atoms with Crippen LogP contribution in [-0.2, 0) is 12.8 Å². The summed E-state index contributed by atoms with van der Waals surface area (Å²) >= 11 is 0. The van der Waals surface area contributed by atoms with Gasteiger partial charge in [-0.25, -0.2) is 0 Å². The van der Waals surface area contributed by atoms with Crippen molar-refractivity contribution >= 4 is 5.69 Å². The number of aromatic hydroxyl groups is 1. The van der Waals surface area contributed by atoms with Gasteiger partial charge in [0.15, 0.2) is 0 Å². The van der Waals surface area contributed by atoms with Crippen LogP contribution >= 0.6 is 0 Å². The molecule has 0 aliphatic carbocycles. The fourth-order valence-corrected chi connectivity index (χ4v) is 2.58. The third-order valence-corrected chi connectivity index (χ3v) is 3.09. The van der Waals surface area contributed by atoms with E-state index in [1.54, 1.807) is 0 Å². The van der Waals surface area contributed by atoms with Crippen LogP contribution in [0.5, 0.6) is 5.75 Å². The first kappa shape index (κ1) is 7.25. The fraction of sp³-hybridized carbons (Fsp3) is 0.455. The second-order valence-corrected chi connectivity index (χ2v) is 3.95. The Morgan fingerprint density at radius 3 is 2.69 bits per heavy atom. The third kappa shape index (κ3) is 0.947. The van der Waals surface area contributed by atoms with Crippen molar-refractivity contribution in [2.75, 3.05) is 18.0 Å². The quantitative estimate of drug-likeness (QED) is 0.648. The molecular weight excluding hydrogens is 162 g/mol. The Kier molecular flexibility index (Phi) is 1.34. The summed E-state index contributed by atoms with van der Waals surface area (Å²) in [6, 6.07) is 3.85. The molecule has 1 N–H and O–H groups in total. The van der Waals surface area contributed by atoms with Crippen LogP contribution in [0, 0.1) is 0 Å². The SMILES string of the molecule is Oc1cc2c3c(c1)CCN3CCC2. The number of nitrogens with zero attached hydrogens (tertiary/aromatic N) is 1. The largest absolute Gasteiger partial charge is 0.508 e. The minimum atomic E-state index is 0.442. The van der Waals surface area contributed by atoms with Crippen LogP contribution < -0.4 is 4.90 Å². The van der Waals surface area contributed by atoms with E-state index in [9.17, 15) is 5.11 Å². The van der Waals surface area contributed by atoms with Crippen LogP contribution in [0.25, 0.3) is 0 Å². The van der Waals surface area contributed by atoms with Crippen molar-refractivity contribution in [2.24, 2.45) is 0 Å². The van der Waals surface area contributed by atoms with Crippen molar-refractivity contribution in [3.63, 3.8) is 0 Å². The number of hydrogen-bond acceptors (Lipinski definition) is 2. The predicted molar refractivity (Wildman–Crippen MR) is 52.3 cm³/mol. The van der Waals surface area contributed by atoms with Gasteiger partial charge in [-0.05, 0) is 42.5 Å². The highest BCUT2D eigenvalue weighted by atomic mass is 16.3. The Balaban J connectivity index is 2.23. The van der Waals surface area contributed by atoms with E-state index in [0.717, 1.165) is 19.4 Å². The van der Waals surface area contributed by atoms with E-state index in [0.29, 0.717) is 5.75 Å². The molecule has 3 rings (SSSR count). The molecule has 2 aliphatic rings. The lowest BCUT2D eigenvalue weighted by molar-refractivity contribution is 0.474. The second-order valence-electron chi connectivity index (χ2n) is 3.95. The highest BCUT2D eigenvalue weighted by molar-refractivity contribution is 5.66. The summed E-state index contributed by atoms with van der Waals surface area (Å²) in [6.45, 7) is 2.34. The molecule has 0 unspecified atom stereocenters. The van der Waals surface area contributed by atoms with E-state index in [1.807, 2.05) is 12.1 Å². The topological polar surface area (TPSA) is 23.5 Å². The molecule has 0 saturated carbocycles. The molecule has 0 aromatic heterocycles. The Morgan fingerprint density at radius 1 is 1.08 bits per heavy atom. The smallest absolute Gasteiger partial charge is 0.116 e. The molecule has 1 aromatic rings. The van der Waals surface area contributed by atoms with Gasteiger partial charge in [-0.2, -0.15) is 0 Å². The second kappa shape index (κ2) is 2.41. The van der Waals surface area contributed by atoms with Crippen molar-refractivity contribution in [3.05, 3.63) is 23.3 Å². The number of benzene rings is 1. The Bertz CT molecular complexity index is 359. The van der Waals surface area contributed by atoms with Gasteiger partial charge in [0.1, 0.15) is 5.75 Å². The van der Waals surface area contributed by atoms with E-state index in [1.165, 1.54) is 29.8 Å². The van der Waals surface area contributed by atoms with Crippen molar-refractivity contribution in [1.29, 1.82) is 0 Å². The highest BCUT2D eigenvalue weighted by Gasteiger charge is 2.25. The molecule has 13 heavy (non-hydrogen) atoms. The summed E-state index contributed by atoms with van der Waals surface area (Å²) in [7, 11) is 0. The zero-order valence-electron chi connectivity index (χ0n) is 7.58. The zero-order chi connectivity index (χ0) is 8.84. The molecular formula is C11H13NO. The molecule has 0 saturated heterocycles. The lowest BCUT2D eigenvalue weighted by Crippen LogP contribution is -2.26. The normalized spacial score (nSPS) is 18.9. The molecule has 2 heteroatoms. The number of anilines is 1. The molecule has 0 atom stereocenters. The van der Waals surface area contributed by atoms with Gasteiger partial charge in [0.2, 0.25) is 0 Å². The Labute approximate surface area is 77.8 Å². The fourth-order valence-electron chi connectivity index (χ4n) is 2.58. The van der Waals surface area contributed by atoms with E-state index in [2.05, 4.69) is 4.90 Å². The minimum Gasteiger partial charge on any atom is -0.508 e. The standard InChI is InChI=1S/C11H13NO/c13-10-6-8-2-1-4-12-5-3-9(7-10)11(8)12/h6-7,13H,1-5H2. The van der Waals surface area contributed by atoms with E-state index in [-0.39, 0.29) is 0 Å². The lowest BCUT2D eigenvalue weighted by Gasteiger charge is -2.27. The summed E-state index contributed by atoms with van der Waals surface area (Å²) in [4.78, 5) is 2.45. The van der Waals surface area contributed by atoms with E-state index in [4.69, 9.17) is 0 Å². The minimum absolute atomic E-state index is 0.442. The first-order valence-electron chi connectivity index (χ1n) is 4.94. The number of phenolic OH excluding ortho intramolecular Hbond substituents is 1. The van der Waals surface area contributed by atoms with Crippen LogP contribution in [0.3, 0.4) is 0 Å². The number of phenols is 1. The Morgan fingerprint density at radius 2 is 1.85 bits per heavy atom. The van der Waals surface area contributed by atoms with Gasteiger partial charge < -0.3 is 10.0 Å². The third-order valence-electron chi connectivity index (χ3n) is 3.09. The predicted octanol–water partition coefficient (Wildman–Crippen LogP) is 1.70. The lowest BCUT2D eigenvalue weighted by atomic mass is 10.00. The first-order valence-corrected chi connectivity index (χ1v) is 4.94. The van der Waals surface area contributed by atoms with Gasteiger partial charge in [0.25, 0.3) is 0 Å². The summed E-state index contributed by atoms with van der Waals surface area (Å²) in [6.07, 6.45) is 3.47. The molecule has 1 aromatic carbocycles. The zero-order valence-corrected chi connectivity index (χ0v) is 7.58. The summed E-state index contributed by atoms with van der Waals surface area (Å²) in [5.41, 5.74) is 4.11. The number of aryl methyl sites for hydroxylation is 1. The van der Waals surface area contributed by atoms with Crippen molar-refractivity contribution in [1.82, 2.24) is 0 Å². The van der Waals surface area contributed by atoms with Gasteiger partial charge in [-0.3, -0.25) is 0 Å². The summed E-state index contributed by atoms with van der Waals surface area (Å²) in [5.74, 6) is 0.442. The molecule has 0 amide bonds. The molecule has 2 aliphatic heterocycles. The van der Waals surface area contributed by atoms with Gasteiger partial charge in [0.05, 0.1) is 0 Å². The van der Waals surface area contributed by atoms with Gasteiger partial charge in [0, 0.05) is 18.8 Å². The van der Waals surface area contributed by atoms with E-state index >= 15 is 0 Å². The molecule has 0 bridgehead atoms.